The van der Waals surface area contributed by atoms with Crippen LogP contribution in [0.3, 0.4) is 0 Å². The fourth-order valence-electron chi connectivity index (χ4n) is 1.98. The molecule has 0 fully saturated rings. The number of benzene rings is 1. The number of carbonyl (C=O) groups is 1. The van der Waals surface area contributed by atoms with Crippen LogP contribution in [-0.4, -0.2) is 5.91 Å². The summed E-state index contributed by atoms with van der Waals surface area (Å²) in [6, 6.07) is 9.46. The molecule has 1 heterocycles. The molecule has 1 unspecified atom stereocenters. The fourth-order valence-corrected chi connectivity index (χ4v) is 3.37. The van der Waals surface area contributed by atoms with Crippen molar-refractivity contribution in [2.75, 3.05) is 0 Å². The number of nitrogens with one attached hydrogen (secondary N) is 1. The van der Waals surface area contributed by atoms with Crippen LogP contribution in [0.2, 0.25) is 5.02 Å². The van der Waals surface area contributed by atoms with Crippen molar-refractivity contribution in [1.29, 1.82) is 0 Å². The minimum atomic E-state index is -0.136. The largest absolute Gasteiger partial charge is 0.344 e. The Hall–Kier alpha value is -0.840. The molecule has 0 aliphatic carbocycles. The summed E-state index contributed by atoms with van der Waals surface area (Å²) in [6.45, 7) is 2.11. The van der Waals surface area contributed by atoms with Gasteiger partial charge in [-0.2, -0.15) is 0 Å². The van der Waals surface area contributed by atoms with E-state index in [1.165, 1.54) is 4.88 Å². The molecule has 0 saturated heterocycles. The van der Waals surface area contributed by atoms with Crippen LogP contribution in [0.1, 0.15) is 41.0 Å². The number of hydrogen-bond donors (Lipinski definition) is 1. The van der Waals surface area contributed by atoms with E-state index in [9.17, 15) is 4.79 Å². The summed E-state index contributed by atoms with van der Waals surface area (Å²) in [4.78, 5) is 13.6. The van der Waals surface area contributed by atoms with Crippen LogP contribution in [0.25, 0.3) is 0 Å². The first-order valence-electron chi connectivity index (χ1n) is 6.41. The van der Waals surface area contributed by atoms with Crippen molar-refractivity contribution in [1.82, 2.24) is 5.32 Å². The van der Waals surface area contributed by atoms with E-state index in [1.807, 2.05) is 29.6 Å². The van der Waals surface area contributed by atoms with Gasteiger partial charge in [-0.3, -0.25) is 4.79 Å². The summed E-state index contributed by atoms with van der Waals surface area (Å²) in [5.41, 5.74) is 0.499. The average Bonchev–Trinajstić information content (AvgIpc) is 2.95. The van der Waals surface area contributed by atoms with E-state index in [1.54, 1.807) is 17.4 Å². The first kappa shape index (κ1) is 15.5. The van der Waals surface area contributed by atoms with Gasteiger partial charge in [0.15, 0.2) is 0 Å². The third-order valence-electron chi connectivity index (χ3n) is 2.97. The van der Waals surface area contributed by atoms with E-state index < -0.39 is 0 Å². The molecule has 0 radical (unpaired) electrons. The van der Waals surface area contributed by atoms with Crippen molar-refractivity contribution >= 4 is 44.8 Å². The number of amides is 1. The maximum atomic E-state index is 12.4. The predicted molar refractivity (Wildman–Crippen MR) is 88.6 cm³/mol. The van der Waals surface area contributed by atoms with Gasteiger partial charge < -0.3 is 5.32 Å². The molecule has 0 aliphatic heterocycles. The first-order chi connectivity index (χ1) is 9.63. The van der Waals surface area contributed by atoms with Gasteiger partial charge in [0.25, 0.3) is 5.91 Å². The Labute approximate surface area is 136 Å². The molecule has 1 atom stereocenters. The second-order valence-electron chi connectivity index (χ2n) is 4.43. The smallest absolute Gasteiger partial charge is 0.253 e. The molecule has 1 amide bonds. The zero-order valence-corrected chi connectivity index (χ0v) is 14.2. The highest BCUT2D eigenvalue weighted by Gasteiger charge is 2.18. The van der Waals surface area contributed by atoms with Gasteiger partial charge in [-0.1, -0.05) is 37.1 Å². The summed E-state index contributed by atoms with van der Waals surface area (Å²) >= 11 is 11.2. The summed E-state index contributed by atoms with van der Waals surface area (Å²) in [5, 5.41) is 5.55. The van der Waals surface area contributed by atoms with E-state index in [4.69, 9.17) is 11.6 Å². The monoisotopic (exact) mass is 371 g/mol. The fraction of sp³-hybridized carbons (Fsp3) is 0.267. The van der Waals surface area contributed by atoms with Crippen LogP contribution in [0.5, 0.6) is 0 Å². The topological polar surface area (TPSA) is 29.1 Å². The molecule has 0 saturated carbocycles. The highest BCUT2D eigenvalue weighted by molar-refractivity contribution is 9.10. The van der Waals surface area contributed by atoms with Crippen molar-refractivity contribution in [3.8, 4) is 0 Å². The molecule has 5 heteroatoms. The lowest BCUT2D eigenvalue weighted by Gasteiger charge is -2.17. The van der Waals surface area contributed by atoms with Gasteiger partial charge in [-0.25, -0.2) is 0 Å². The molecule has 1 N–H and O–H groups in total. The zero-order valence-electron chi connectivity index (χ0n) is 11.0. The van der Waals surface area contributed by atoms with Crippen LogP contribution in [0, 0.1) is 0 Å². The van der Waals surface area contributed by atoms with E-state index in [0.29, 0.717) is 10.6 Å². The minimum Gasteiger partial charge on any atom is -0.344 e. The van der Waals surface area contributed by atoms with Crippen LogP contribution >= 0.6 is 38.9 Å². The number of carbonyl (C=O) groups excluding carboxylic acids is 1. The Balaban J connectivity index is 2.18. The third-order valence-corrected chi connectivity index (χ3v) is 5.25. The number of hydrogen-bond acceptors (Lipinski definition) is 2. The predicted octanol–water partition coefficient (Wildman–Crippen LogP) is 5.44. The second kappa shape index (κ2) is 7.25. The Morgan fingerprint density at radius 2 is 2.20 bits per heavy atom. The standard InChI is InChI=1S/C15H15BrClNOS/c1-2-5-12(13-8-4-9-20-13)18-15(19)10-6-3-7-11(16)14(10)17/h3-4,6-9,12H,2,5H2,1H3,(H,18,19). The van der Waals surface area contributed by atoms with Gasteiger partial charge in [0.2, 0.25) is 0 Å². The molecular weight excluding hydrogens is 358 g/mol. The molecule has 20 heavy (non-hydrogen) atoms. The first-order valence-corrected chi connectivity index (χ1v) is 8.46. The van der Waals surface area contributed by atoms with Crippen LogP contribution in [0.15, 0.2) is 40.2 Å². The Kier molecular flexibility index (Phi) is 5.64. The molecular formula is C15H15BrClNOS. The molecule has 2 rings (SSSR count). The molecule has 0 aliphatic rings. The van der Waals surface area contributed by atoms with Gasteiger partial charge in [-0.05, 0) is 45.9 Å². The molecule has 0 spiro atoms. The Bertz CT molecular complexity index is 586. The summed E-state index contributed by atoms with van der Waals surface area (Å²) in [7, 11) is 0. The highest BCUT2D eigenvalue weighted by Crippen LogP contribution is 2.28. The molecule has 2 aromatic rings. The maximum Gasteiger partial charge on any atom is 0.253 e. The van der Waals surface area contributed by atoms with Crippen molar-refractivity contribution in [2.24, 2.45) is 0 Å². The zero-order chi connectivity index (χ0) is 14.5. The van der Waals surface area contributed by atoms with Crippen molar-refractivity contribution in [2.45, 2.75) is 25.8 Å². The van der Waals surface area contributed by atoms with Crippen molar-refractivity contribution in [3.05, 3.63) is 55.6 Å². The highest BCUT2D eigenvalue weighted by atomic mass is 79.9. The summed E-state index contributed by atoms with van der Waals surface area (Å²) < 4.78 is 0.731. The SMILES string of the molecule is CCCC(NC(=O)c1cccc(Br)c1Cl)c1cccs1. The molecule has 1 aromatic carbocycles. The van der Waals surface area contributed by atoms with E-state index in [0.717, 1.165) is 17.3 Å². The summed E-state index contributed by atoms with van der Waals surface area (Å²) in [6.07, 6.45) is 1.92. The van der Waals surface area contributed by atoms with Crippen LogP contribution < -0.4 is 5.32 Å². The number of thiophene rings is 1. The third kappa shape index (κ3) is 3.62. The van der Waals surface area contributed by atoms with Crippen LogP contribution in [-0.2, 0) is 0 Å². The lowest BCUT2D eigenvalue weighted by atomic mass is 10.1. The lowest BCUT2D eigenvalue weighted by Crippen LogP contribution is -2.28. The van der Waals surface area contributed by atoms with E-state index in [-0.39, 0.29) is 11.9 Å². The number of halogens is 2. The Morgan fingerprint density at radius 1 is 1.40 bits per heavy atom. The minimum absolute atomic E-state index is 0.0440. The van der Waals surface area contributed by atoms with Gasteiger partial charge in [0, 0.05) is 9.35 Å². The lowest BCUT2D eigenvalue weighted by molar-refractivity contribution is 0.0935. The van der Waals surface area contributed by atoms with Crippen molar-refractivity contribution < 1.29 is 4.79 Å². The molecule has 1 aromatic heterocycles. The molecule has 0 bridgehead atoms. The maximum absolute atomic E-state index is 12.4. The van der Waals surface area contributed by atoms with Crippen molar-refractivity contribution in [3.63, 3.8) is 0 Å². The Morgan fingerprint density at radius 3 is 2.85 bits per heavy atom. The quantitative estimate of drug-likeness (QED) is 0.744. The average molecular weight is 373 g/mol. The second-order valence-corrected chi connectivity index (χ2v) is 6.64. The number of rotatable bonds is 5. The summed E-state index contributed by atoms with van der Waals surface area (Å²) in [5.74, 6) is -0.136. The normalized spacial score (nSPS) is 12.2. The molecule has 2 nitrogen and oxygen atoms in total. The molecule has 106 valence electrons. The van der Waals surface area contributed by atoms with Gasteiger partial charge >= 0.3 is 0 Å². The van der Waals surface area contributed by atoms with E-state index in [2.05, 4.69) is 28.2 Å². The van der Waals surface area contributed by atoms with Gasteiger partial charge in [-0.15, -0.1) is 11.3 Å². The van der Waals surface area contributed by atoms with Gasteiger partial charge in [0.05, 0.1) is 16.6 Å². The van der Waals surface area contributed by atoms with Gasteiger partial charge in [0.1, 0.15) is 0 Å². The van der Waals surface area contributed by atoms with Crippen LogP contribution in [0.4, 0.5) is 0 Å². The van der Waals surface area contributed by atoms with E-state index >= 15 is 0 Å².